The third kappa shape index (κ3) is 8.42. The van der Waals surface area contributed by atoms with Crippen molar-refractivity contribution in [3.63, 3.8) is 0 Å². The van der Waals surface area contributed by atoms with E-state index in [0.717, 1.165) is 38.4 Å². The minimum atomic E-state index is -3.23. The Morgan fingerprint density at radius 2 is 1.65 bits per heavy atom. The molecule has 2 N–H and O–H groups in total. The van der Waals surface area contributed by atoms with Crippen molar-refractivity contribution >= 4 is 39.8 Å². The molecule has 6 nitrogen and oxygen atoms in total. The van der Waals surface area contributed by atoms with E-state index < -0.39 is 9.84 Å². The topological polar surface area (TPSA) is 73.8 Å². The summed E-state index contributed by atoms with van der Waals surface area (Å²) in [4.78, 5) is 7.16. The van der Waals surface area contributed by atoms with Gasteiger partial charge in [0, 0.05) is 39.3 Å². The number of halogens is 1. The predicted octanol–water partition coefficient (Wildman–Crippen LogP) is 3.30. The summed E-state index contributed by atoms with van der Waals surface area (Å²) in [5.41, 5.74) is 1.35. The predicted molar refractivity (Wildman–Crippen MR) is 138 cm³/mol. The lowest BCUT2D eigenvalue weighted by atomic mass is 10.0. The minimum absolute atomic E-state index is 0. The molecule has 31 heavy (non-hydrogen) atoms. The van der Waals surface area contributed by atoms with Crippen LogP contribution in [0.1, 0.15) is 24.8 Å². The lowest BCUT2D eigenvalue weighted by Crippen LogP contribution is -2.48. The van der Waals surface area contributed by atoms with Crippen LogP contribution in [0.4, 0.5) is 0 Å². The smallest absolute Gasteiger partial charge is 0.191 e. The number of likely N-dealkylation sites (tertiary alicyclic amines) is 1. The second kappa shape index (κ2) is 13.0. The van der Waals surface area contributed by atoms with Crippen LogP contribution in [0.3, 0.4) is 0 Å². The van der Waals surface area contributed by atoms with Gasteiger partial charge in [-0.25, -0.2) is 8.42 Å². The molecule has 0 amide bonds. The summed E-state index contributed by atoms with van der Waals surface area (Å²) in [6.45, 7) is 3.67. The third-order valence-corrected chi connectivity index (χ3v) is 7.20. The summed E-state index contributed by atoms with van der Waals surface area (Å²) in [6.07, 6.45) is 2.67. The molecule has 2 aromatic rings. The number of sulfone groups is 1. The average Bonchev–Trinajstić information content (AvgIpc) is 2.78. The maximum Gasteiger partial charge on any atom is 0.191 e. The van der Waals surface area contributed by atoms with Gasteiger partial charge in [0.15, 0.2) is 15.8 Å². The highest BCUT2D eigenvalue weighted by Crippen LogP contribution is 2.14. The number of hydrogen-bond acceptors (Lipinski definition) is 4. The van der Waals surface area contributed by atoms with E-state index in [9.17, 15) is 8.42 Å². The molecule has 0 atom stereocenters. The normalized spacial score (nSPS) is 15.8. The maximum atomic E-state index is 12.3. The fourth-order valence-corrected chi connectivity index (χ4v) is 5.01. The minimum Gasteiger partial charge on any atom is -0.356 e. The number of benzene rings is 2. The Balaban J connectivity index is 0.00000341. The molecule has 0 aromatic heterocycles. The molecule has 1 heterocycles. The Labute approximate surface area is 203 Å². The lowest BCUT2D eigenvalue weighted by Gasteiger charge is -2.33. The molecule has 0 radical (unpaired) electrons. The van der Waals surface area contributed by atoms with Gasteiger partial charge in [0.2, 0.25) is 0 Å². The first-order valence-corrected chi connectivity index (χ1v) is 12.2. The molecule has 0 aliphatic carbocycles. The van der Waals surface area contributed by atoms with E-state index in [4.69, 9.17) is 0 Å². The van der Waals surface area contributed by atoms with Crippen LogP contribution in [-0.4, -0.2) is 57.8 Å². The van der Waals surface area contributed by atoms with Crippen molar-refractivity contribution < 1.29 is 8.42 Å². The molecule has 3 rings (SSSR count). The molecule has 1 saturated heterocycles. The molecule has 8 heteroatoms. The van der Waals surface area contributed by atoms with Crippen LogP contribution in [0.2, 0.25) is 0 Å². The number of guanidine groups is 1. The van der Waals surface area contributed by atoms with Gasteiger partial charge in [-0.3, -0.25) is 9.89 Å². The summed E-state index contributed by atoms with van der Waals surface area (Å²) in [6, 6.07) is 19.6. The van der Waals surface area contributed by atoms with Crippen molar-refractivity contribution in [2.45, 2.75) is 36.7 Å². The summed E-state index contributed by atoms with van der Waals surface area (Å²) >= 11 is 0. The van der Waals surface area contributed by atoms with Gasteiger partial charge in [0.1, 0.15) is 0 Å². The molecule has 2 aromatic carbocycles. The molecule has 1 aliphatic rings. The summed E-state index contributed by atoms with van der Waals surface area (Å²) in [7, 11) is -1.48. The third-order valence-electron chi connectivity index (χ3n) is 5.39. The van der Waals surface area contributed by atoms with Crippen LogP contribution in [0, 0.1) is 0 Å². The van der Waals surface area contributed by atoms with E-state index in [0.29, 0.717) is 23.9 Å². The zero-order valence-electron chi connectivity index (χ0n) is 18.0. The summed E-state index contributed by atoms with van der Waals surface area (Å²) in [5.74, 6) is 0.868. The Hall–Kier alpha value is -1.65. The van der Waals surface area contributed by atoms with Crippen molar-refractivity contribution in [1.82, 2.24) is 15.5 Å². The van der Waals surface area contributed by atoms with Gasteiger partial charge in [0.05, 0.1) is 10.6 Å². The second-order valence-electron chi connectivity index (χ2n) is 7.66. The van der Waals surface area contributed by atoms with E-state index in [1.165, 1.54) is 5.56 Å². The van der Waals surface area contributed by atoms with E-state index in [1.807, 2.05) is 6.07 Å². The largest absolute Gasteiger partial charge is 0.356 e. The van der Waals surface area contributed by atoms with Crippen molar-refractivity contribution in [1.29, 1.82) is 0 Å². The van der Waals surface area contributed by atoms with Crippen LogP contribution >= 0.6 is 24.0 Å². The van der Waals surface area contributed by atoms with Crippen LogP contribution < -0.4 is 10.6 Å². The molecule has 0 spiro atoms. The first kappa shape index (κ1) is 25.6. The van der Waals surface area contributed by atoms with Crippen LogP contribution in [0.15, 0.2) is 70.6 Å². The number of nitrogens with one attached hydrogen (secondary N) is 2. The Kier molecular flexibility index (Phi) is 10.8. The maximum absolute atomic E-state index is 12.3. The highest BCUT2D eigenvalue weighted by atomic mass is 127. The van der Waals surface area contributed by atoms with Crippen LogP contribution in [0.5, 0.6) is 0 Å². The van der Waals surface area contributed by atoms with Crippen LogP contribution in [-0.2, 0) is 16.4 Å². The van der Waals surface area contributed by atoms with E-state index in [-0.39, 0.29) is 29.7 Å². The Morgan fingerprint density at radius 1 is 1.03 bits per heavy atom. The number of hydrogen-bond donors (Lipinski definition) is 2. The SMILES string of the molecule is CN=C(NCCCS(=O)(=O)c1ccccc1)NC1CCN(Cc2ccccc2)CC1.I. The zero-order chi connectivity index (χ0) is 21.2. The molecular formula is C23H33IN4O2S. The second-order valence-corrected chi connectivity index (χ2v) is 9.77. The van der Waals surface area contributed by atoms with Gasteiger partial charge < -0.3 is 10.6 Å². The van der Waals surface area contributed by atoms with Crippen LogP contribution in [0.25, 0.3) is 0 Å². The molecule has 1 fully saturated rings. The van der Waals surface area contributed by atoms with E-state index >= 15 is 0 Å². The number of aliphatic imine (C=N–C) groups is 1. The van der Waals surface area contributed by atoms with Gasteiger partial charge in [-0.05, 0) is 37.0 Å². The molecule has 170 valence electrons. The van der Waals surface area contributed by atoms with Crippen molar-refractivity contribution in [2.75, 3.05) is 32.4 Å². The molecular weight excluding hydrogens is 523 g/mol. The molecule has 0 unspecified atom stereocenters. The fraction of sp³-hybridized carbons (Fsp3) is 0.435. The fourth-order valence-electron chi connectivity index (χ4n) is 3.68. The number of piperidine rings is 1. The highest BCUT2D eigenvalue weighted by Gasteiger charge is 2.20. The average molecular weight is 557 g/mol. The standard InChI is InChI=1S/C23H32N4O2S.HI/c1-24-23(25-15-8-18-30(28,29)22-11-6-3-7-12-22)26-21-13-16-27(17-14-21)19-20-9-4-2-5-10-20;/h2-7,9-12,21H,8,13-19H2,1H3,(H2,24,25,26);1H. The summed E-state index contributed by atoms with van der Waals surface area (Å²) < 4.78 is 24.7. The van der Waals surface area contributed by atoms with Gasteiger partial charge in [-0.15, -0.1) is 24.0 Å². The molecule has 1 aliphatic heterocycles. The quantitative estimate of drug-likeness (QED) is 0.226. The number of rotatable bonds is 8. The molecule has 0 saturated carbocycles. The highest BCUT2D eigenvalue weighted by molar-refractivity contribution is 14.0. The van der Waals surface area contributed by atoms with Gasteiger partial charge in [0.25, 0.3) is 0 Å². The van der Waals surface area contributed by atoms with E-state index in [2.05, 4.69) is 50.9 Å². The van der Waals surface area contributed by atoms with Gasteiger partial charge >= 0.3 is 0 Å². The lowest BCUT2D eigenvalue weighted by molar-refractivity contribution is 0.198. The van der Waals surface area contributed by atoms with Crippen molar-refractivity contribution in [2.24, 2.45) is 4.99 Å². The van der Waals surface area contributed by atoms with Gasteiger partial charge in [-0.2, -0.15) is 0 Å². The zero-order valence-corrected chi connectivity index (χ0v) is 21.2. The van der Waals surface area contributed by atoms with Crippen molar-refractivity contribution in [3.05, 3.63) is 66.2 Å². The monoisotopic (exact) mass is 556 g/mol. The number of nitrogens with zero attached hydrogens (tertiary/aromatic N) is 2. The van der Waals surface area contributed by atoms with Crippen molar-refractivity contribution in [3.8, 4) is 0 Å². The molecule has 0 bridgehead atoms. The first-order valence-electron chi connectivity index (χ1n) is 10.6. The Morgan fingerprint density at radius 3 is 2.26 bits per heavy atom. The first-order chi connectivity index (χ1) is 14.6. The Bertz CT molecular complexity index is 900. The van der Waals surface area contributed by atoms with Gasteiger partial charge in [-0.1, -0.05) is 48.5 Å². The summed E-state index contributed by atoms with van der Waals surface area (Å²) in [5, 5.41) is 6.73. The van der Waals surface area contributed by atoms with E-state index in [1.54, 1.807) is 31.3 Å².